The Labute approximate surface area is 106 Å². The molecule has 0 amide bonds. The summed E-state index contributed by atoms with van der Waals surface area (Å²) in [6.07, 6.45) is 6.83. The molecule has 90 valence electrons. The Morgan fingerprint density at radius 3 is 2.72 bits per heavy atom. The van der Waals surface area contributed by atoms with Crippen LogP contribution in [0.15, 0.2) is 60.9 Å². The van der Waals surface area contributed by atoms with Gasteiger partial charge in [0, 0.05) is 12.4 Å². The summed E-state index contributed by atoms with van der Waals surface area (Å²) < 4.78 is 5.08. The number of hydrogen-bond acceptors (Lipinski definition) is 3. The molecule has 3 nitrogen and oxygen atoms in total. The molecular formula is C15H13NO2. The molecule has 0 N–H and O–H groups in total. The summed E-state index contributed by atoms with van der Waals surface area (Å²) >= 11 is 0. The maximum Gasteiger partial charge on any atom is 0.340 e. The number of benzene rings is 1. The first-order valence-corrected chi connectivity index (χ1v) is 5.65. The number of rotatable bonds is 4. The number of esters is 1. The molecule has 0 bridgehead atoms. The molecule has 1 aromatic carbocycles. The first kappa shape index (κ1) is 12.0. The Kier molecular flexibility index (Phi) is 4.25. The zero-order chi connectivity index (χ0) is 12.6. The van der Waals surface area contributed by atoms with E-state index in [2.05, 4.69) is 4.98 Å². The third-order valence-electron chi connectivity index (χ3n) is 2.32. The number of carbonyl (C=O) groups is 1. The molecule has 0 aliphatic rings. The molecule has 0 spiro atoms. The molecule has 0 unspecified atom stereocenters. The molecule has 1 aromatic heterocycles. The summed E-state index contributed by atoms with van der Waals surface area (Å²) in [5.74, 6) is -0.360. The number of aromatic nitrogens is 1. The van der Waals surface area contributed by atoms with Crippen LogP contribution in [0.4, 0.5) is 0 Å². The van der Waals surface area contributed by atoms with Crippen LogP contribution in [0, 0.1) is 0 Å². The summed E-state index contributed by atoms with van der Waals surface area (Å²) in [4.78, 5) is 15.4. The lowest BCUT2D eigenvalue weighted by Crippen LogP contribution is -2.05. The van der Waals surface area contributed by atoms with E-state index in [4.69, 9.17) is 4.74 Å². The van der Waals surface area contributed by atoms with Crippen molar-refractivity contribution in [2.45, 2.75) is 0 Å². The molecule has 0 aliphatic carbocycles. The van der Waals surface area contributed by atoms with E-state index in [1.165, 1.54) is 6.20 Å². The lowest BCUT2D eigenvalue weighted by atomic mass is 10.2. The zero-order valence-electron chi connectivity index (χ0n) is 9.82. The lowest BCUT2D eigenvalue weighted by molar-refractivity contribution is 0.0549. The van der Waals surface area contributed by atoms with E-state index >= 15 is 0 Å². The molecule has 0 fully saturated rings. The second-order valence-corrected chi connectivity index (χ2v) is 3.65. The van der Waals surface area contributed by atoms with Crippen LogP contribution >= 0.6 is 0 Å². The van der Waals surface area contributed by atoms with Gasteiger partial charge in [-0.15, -0.1) is 0 Å². The summed E-state index contributed by atoms with van der Waals surface area (Å²) in [5, 5.41) is 0. The van der Waals surface area contributed by atoms with Gasteiger partial charge >= 0.3 is 5.97 Å². The van der Waals surface area contributed by atoms with Crippen molar-refractivity contribution in [1.29, 1.82) is 0 Å². The van der Waals surface area contributed by atoms with Crippen molar-refractivity contribution in [3.05, 3.63) is 72.1 Å². The number of carbonyl (C=O) groups excluding carboxylic acids is 1. The van der Waals surface area contributed by atoms with E-state index in [0.717, 1.165) is 5.56 Å². The summed E-state index contributed by atoms with van der Waals surface area (Å²) in [5.41, 5.74) is 1.54. The quantitative estimate of drug-likeness (QED) is 0.770. The monoisotopic (exact) mass is 239 g/mol. The van der Waals surface area contributed by atoms with Gasteiger partial charge in [-0.2, -0.15) is 0 Å². The van der Waals surface area contributed by atoms with Gasteiger partial charge in [0.25, 0.3) is 0 Å². The molecule has 2 aromatic rings. The fourth-order valence-electron chi connectivity index (χ4n) is 1.44. The van der Waals surface area contributed by atoms with Crippen LogP contribution in [0.3, 0.4) is 0 Å². The number of hydrogen-bond donors (Lipinski definition) is 0. The van der Waals surface area contributed by atoms with Crippen LogP contribution < -0.4 is 0 Å². The average Bonchev–Trinajstić information content (AvgIpc) is 2.45. The minimum absolute atomic E-state index is 0.253. The maximum atomic E-state index is 11.6. The zero-order valence-corrected chi connectivity index (χ0v) is 9.82. The van der Waals surface area contributed by atoms with Crippen LogP contribution in [0.5, 0.6) is 0 Å². The van der Waals surface area contributed by atoms with E-state index in [1.54, 1.807) is 18.3 Å². The van der Waals surface area contributed by atoms with Crippen LogP contribution in [-0.2, 0) is 4.74 Å². The fourth-order valence-corrected chi connectivity index (χ4v) is 1.44. The van der Waals surface area contributed by atoms with Gasteiger partial charge in [0.1, 0.15) is 6.61 Å². The molecule has 0 saturated carbocycles. The molecule has 1 heterocycles. The lowest BCUT2D eigenvalue weighted by Gasteiger charge is -2.00. The number of ether oxygens (including phenoxy) is 1. The molecule has 3 heteroatoms. The Bertz CT molecular complexity index is 521. The van der Waals surface area contributed by atoms with E-state index in [9.17, 15) is 4.79 Å². The number of nitrogens with zero attached hydrogens (tertiary/aromatic N) is 1. The molecule has 0 radical (unpaired) electrons. The maximum absolute atomic E-state index is 11.6. The summed E-state index contributed by atoms with van der Waals surface area (Å²) in [6, 6.07) is 13.2. The van der Waals surface area contributed by atoms with E-state index in [-0.39, 0.29) is 12.6 Å². The minimum atomic E-state index is -0.360. The van der Waals surface area contributed by atoms with Gasteiger partial charge in [0.2, 0.25) is 0 Å². The third kappa shape index (κ3) is 3.56. The number of pyridine rings is 1. The molecule has 2 rings (SSSR count). The summed E-state index contributed by atoms with van der Waals surface area (Å²) in [6.45, 7) is 0.253. The van der Waals surface area contributed by atoms with Gasteiger partial charge < -0.3 is 4.74 Å². The predicted molar refractivity (Wildman–Crippen MR) is 70.0 cm³/mol. The molecule has 0 aliphatic heterocycles. The average molecular weight is 239 g/mol. The van der Waals surface area contributed by atoms with Gasteiger partial charge in [-0.05, 0) is 23.8 Å². The standard InChI is InChI=1S/C15H13NO2/c17-15(14-9-4-10-16-12-14)18-11-5-8-13-6-2-1-3-7-13/h1-10,12H,11H2. The van der Waals surface area contributed by atoms with E-state index < -0.39 is 0 Å². The van der Waals surface area contributed by atoms with E-state index in [1.807, 2.05) is 42.5 Å². The largest absolute Gasteiger partial charge is 0.458 e. The smallest absolute Gasteiger partial charge is 0.340 e. The highest BCUT2D eigenvalue weighted by Crippen LogP contribution is 2.02. The van der Waals surface area contributed by atoms with Crippen molar-refractivity contribution < 1.29 is 9.53 Å². The van der Waals surface area contributed by atoms with Crippen molar-refractivity contribution in [2.24, 2.45) is 0 Å². The van der Waals surface area contributed by atoms with Crippen LogP contribution in [0.2, 0.25) is 0 Å². The van der Waals surface area contributed by atoms with Crippen LogP contribution in [0.1, 0.15) is 15.9 Å². The normalized spacial score (nSPS) is 10.4. The second kappa shape index (κ2) is 6.35. The third-order valence-corrected chi connectivity index (χ3v) is 2.32. The molecule has 18 heavy (non-hydrogen) atoms. The van der Waals surface area contributed by atoms with Crippen molar-refractivity contribution >= 4 is 12.0 Å². The minimum Gasteiger partial charge on any atom is -0.458 e. The van der Waals surface area contributed by atoms with Crippen molar-refractivity contribution in [1.82, 2.24) is 4.98 Å². The first-order valence-electron chi connectivity index (χ1n) is 5.65. The van der Waals surface area contributed by atoms with Gasteiger partial charge in [0.05, 0.1) is 5.56 Å². The second-order valence-electron chi connectivity index (χ2n) is 3.65. The SMILES string of the molecule is O=C(OCC=Cc1ccccc1)c1cccnc1. The highest BCUT2D eigenvalue weighted by atomic mass is 16.5. The van der Waals surface area contributed by atoms with Crippen molar-refractivity contribution in [3.8, 4) is 0 Å². The predicted octanol–water partition coefficient (Wildman–Crippen LogP) is 2.95. The van der Waals surface area contributed by atoms with Gasteiger partial charge in [0.15, 0.2) is 0 Å². The highest BCUT2D eigenvalue weighted by Gasteiger charge is 2.04. The molecule has 0 atom stereocenters. The van der Waals surface area contributed by atoms with Crippen molar-refractivity contribution in [2.75, 3.05) is 6.61 Å². The topological polar surface area (TPSA) is 39.2 Å². The fraction of sp³-hybridized carbons (Fsp3) is 0.0667. The Morgan fingerprint density at radius 1 is 1.17 bits per heavy atom. The van der Waals surface area contributed by atoms with Crippen LogP contribution in [-0.4, -0.2) is 17.6 Å². The van der Waals surface area contributed by atoms with Gasteiger partial charge in [-0.25, -0.2) is 4.79 Å². The Hall–Kier alpha value is -2.42. The summed E-state index contributed by atoms with van der Waals surface area (Å²) in [7, 11) is 0. The van der Waals surface area contributed by atoms with Crippen molar-refractivity contribution in [3.63, 3.8) is 0 Å². The van der Waals surface area contributed by atoms with Crippen LogP contribution in [0.25, 0.3) is 6.08 Å². The van der Waals surface area contributed by atoms with E-state index in [0.29, 0.717) is 5.56 Å². The first-order chi connectivity index (χ1) is 8.86. The van der Waals surface area contributed by atoms with Gasteiger partial charge in [-0.3, -0.25) is 4.98 Å². The highest BCUT2D eigenvalue weighted by molar-refractivity contribution is 5.88. The molecule has 0 saturated heterocycles. The Balaban J connectivity index is 1.83. The molecular weight excluding hydrogens is 226 g/mol. The Morgan fingerprint density at radius 2 is 2.00 bits per heavy atom. The van der Waals surface area contributed by atoms with Gasteiger partial charge in [-0.1, -0.05) is 36.4 Å².